The van der Waals surface area contributed by atoms with Gasteiger partial charge in [-0.1, -0.05) is 24.3 Å². The van der Waals surface area contributed by atoms with Gasteiger partial charge in [-0.3, -0.25) is 0 Å². The average molecular weight is 282 g/mol. The Kier molecular flexibility index (Phi) is 3.88. The minimum absolute atomic E-state index is 0.107. The minimum Gasteiger partial charge on any atom is -0.497 e. The van der Waals surface area contributed by atoms with E-state index in [2.05, 4.69) is 9.55 Å². The van der Waals surface area contributed by atoms with E-state index in [0.29, 0.717) is 6.54 Å². The van der Waals surface area contributed by atoms with Crippen molar-refractivity contribution in [3.05, 3.63) is 59.9 Å². The third kappa shape index (κ3) is 2.76. The lowest BCUT2D eigenvalue weighted by molar-refractivity contribution is 0.276. The number of nitrogens with zero attached hydrogens (tertiary/aromatic N) is 2. The normalized spacial score (nSPS) is 11.0. The second-order valence-corrected chi connectivity index (χ2v) is 4.92. The molecule has 0 spiro atoms. The fraction of sp³-hybridized carbons (Fsp3) is 0.235. The molecule has 108 valence electrons. The van der Waals surface area contributed by atoms with E-state index in [0.717, 1.165) is 29.0 Å². The molecule has 0 unspecified atom stereocenters. The van der Waals surface area contributed by atoms with Crippen LogP contribution in [0.4, 0.5) is 0 Å². The summed E-state index contributed by atoms with van der Waals surface area (Å²) in [6.07, 6.45) is 0.735. The third-order valence-electron chi connectivity index (χ3n) is 3.58. The average Bonchev–Trinajstić information content (AvgIpc) is 2.86. The molecule has 0 bridgehead atoms. The molecule has 1 N–H and O–H groups in total. The van der Waals surface area contributed by atoms with Gasteiger partial charge in [-0.05, 0) is 29.8 Å². The molecule has 4 heteroatoms. The molecule has 0 atom stereocenters. The van der Waals surface area contributed by atoms with E-state index in [9.17, 15) is 5.11 Å². The standard InChI is InChI=1S/C17H18N2O2/c1-21-14-8-6-13(7-9-14)12-17-18-15-4-2-3-5-16(15)19(17)10-11-20/h2-9,20H,10-12H2,1H3. The maximum absolute atomic E-state index is 9.29. The maximum atomic E-state index is 9.29. The van der Waals surface area contributed by atoms with Crippen molar-refractivity contribution in [1.29, 1.82) is 0 Å². The van der Waals surface area contributed by atoms with Crippen LogP contribution >= 0.6 is 0 Å². The van der Waals surface area contributed by atoms with Crippen molar-refractivity contribution in [1.82, 2.24) is 9.55 Å². The van der Waals surface area contributed by atoms with Gasteiger partial charge >= 0.3 is 0 Å². The summed E-state index contributed by atoms with van der Waals surface area (Å²) in [5.74, 6) is 1.82. The highest BCUT2D eigenvalue weighted by Crippen LogP contribution is 2.19. The van der Waals surface area contributed by atoms with Gasteiger partial charge in [-0.2, -0.15) is 0 Å². The van der Waals surface area contributed by atoms with E-state index in [1.165, 1.54) is 5.56 Å². The maximum Gasteiger partial charge on any atom is 0.118 e. The van der Waals surface area contributed by atoms with Crippen molar-refractivity contribution in [2.75, 3.05) is 13.7 Å². The number of fused-ring (bicyclic) bond motifs is 1. The fourth-order valence-electron chi connectivity index (χ4n) is 2.54. The first-order valence-corrected chi connectivity index (χ1v) is 7.00. The molecule has 0 amide bonds. The van der Waals surface area contributed by atoms with Crippen molar-refractivity contribution in [3.8, 4) is 5.75 Å². The molecule has 0 aliphatic rings. The van der Waals surface area contributed by atoms with Gasteiger partial charge in [0.15, 0.2) is 0 Å². The number of para-hydroxylation sites is 2. The summed E-state index contributed by atoms with van der Waals surface area (Å²) < 4.78 is 7.26. The van der Waals surface area contributed by atoms with Crippen molar-refractivity contribution < 1.29 is 9.84 Å². The molecule has 4 nitrogen and oxygen atoms in total. The summed E-state index contributed by atoms with van der Waals surface area (Å²) in [4.78, 5) is 4.69. The Morgan fingerprint density at radius 1 is 1.10 bits per heavy atom. The van der Waals surface area contributed by atoms with Crippen LogP contribution in [0.3, 0.4) is 0 Å². The third-order valence-corrected chi connectivity index (χ3v) is 3.58. The van der Waals surface area contributed by atoms with Crippen molar-refractivity contribution in [2.45, 2.75) is 13.0 Å². The van der Waals surface area contributed by atoms with Crippen LogP contribution in [0.1, 0.15) is 11.4 Å². The first-order valence-electron chi connectivity index (χ1n) is 7.00. The number of aromatic nitrogens is 2. The van der Waals surface area contributed by atoms with Gasteiger partial charge in [0.25, 0.3) is 0 Å². The van der Waals surface area contributed by atoms with Crippen molar-refractivity contribution in [2.24, 2.45) is 0 Å². The van der Waals surface area contributed by atoms with Gasteiger partial charge in [0.1, 0.15) is 11.6 Å². The zero-order valence-corrected chi connectivity index (χ0v) is 12.0. The topological polar surface area (TPSA) is 47.3 Å². The Balaban J connectivity index is 1.96. The molecule has 0 saturated carbocycles. The lowest BCUT2D eigenvalue weighted by Gasteiger charge is -2.08. The van der Waals surface area contributed by atoms with Crippen LogP contribution in [0.15, 0.2) is 48.5 Å². The molecule has 21 heavy (non-hydrogen) atoms. The van der Waals surface area contributed by atoms with Crippen LogP contribution in [-0.2, 0) is 13.0 Å². The van der Waals surface area contributed by atoms with Crippen LogP contribution in [0, 0.1) is 0 Å². The Bertz CT molecular complexity index is 732. The number of rotatable bonds is 5. The molecular formula is C17H18N2O2. The monoisotopic (exact) mass is 282 g/mol. The molecule has 3 aromatic rings. The summed E-state index contributed by atoms with van der Waals surface area (Å²) in [6, 6.07) is 16.0. The van der Waals surface area contributed by atoms with Crippen molar-refractivity contribution >= 4 is 11.0 Å². The number of hydrogen-bond acceptors (Lipinski definition) is 3. The zero-order valence-electron chi connectivity index (χ0n) is 12.0. The summed E-state index contributed by atoms with van der Waals surface area (Å²) in [5.41, 5.74) is 3.20. The highest BCUT2D eigenvalue weighted by molar-refractivity contribution is 5.76. The van der Waals surface area contributed by atoms with Crippen LogP contribution in [-0.4, -0.2) is 28.4 Å². The van der Waals surface area contributed by atoms with Crippen LogP contribution in [0.5, 0.6) is 5.75 Å². The van der Waals surface area contributed by atoms with Crippen molar-refractivity contribution in [3.63, 3.8) is 0 Å². The van der Waals surface area contributed by atoms with E-state index in [-0.39, 0.29) is 6.61 Å². The number of ether oxygens (including phenoxy) is 1. The first-order chi connectivity index (χ1) is 10.3. The Morgan fingerprint density at radius 3 is 2.57 bits per heavy atom. The zero-order chi connectivity index (χ0) is 14.7. The molecule has 0 saturated heterocycles. The summed E-state index contributed by atoms with van der Waals surface area (Å²) in [7, 11) is 1.66. The molecule has 3 rings (SSSR count). The van der Waals surface area contributed by atoms with E-state index in [1.54, 1.807) is 7.11 Å². The highest BCUT2D eigenvalue weighted by atomic mass is 16.5. The molecule has 1 heterocycles. The number of methoxy groups -OCH3 is 1. The molecule has 0 fully saturated rings. The van der Waals surface area contributed by atoms with Gasteiger partial charge < -0.3 is 14.4 Å². The smallest absolute Gasteiger partial charge is 0.118 e. The molecule has 2 aromatic carbocycles. The second-order valence-electron chi connectivity index (χ2n) is 4.92. The quantitative estimate of drug-likeness (QED) is 0.782. The van der Waals surface area contributed by atoms with Gasteiger partial charge in [0, 0.05) is 13.0 Å². The predicted molar refractivity (Wildman–Crippen MR) is 82.6 cm³/mol. The van der Waals surface area contributed by atoms with Gasteiger partial charge in [0.2, 0.25) is 0 Å². The summed E-state index contributed by atoms with van der Waals surface area (Å²) >= 11 is 0. The number of aliphatic hydroxyl groups excluding tert-OH is 1. The SMILES string of the molecule is COc1ccc(Cc2nc3ccccc3n2CCO)cc1. The second kappa shape index (κ2) is 5.97. The lowest BCUT2D eigenvalue weighted by atomic mass is 10.1. The Morgan fingerprint density at radius 2 is 1.86 bits per heavy atom. The number of imidazole rings is 1. The van der Waals surface area contributed by atoms with Gasteiger partial charge in [-0.15, -0.1) is 0 Å². The lowest BCUT2D eigenvalue weighted by Crippen LogP contribution is -2.07. The molecule has 0 radical (unpaired) electrons. The summed E-state index contributed by atoms with van der Waals surface area (Å²) in [5, 5.41) is 9.29. The number of benzene rings is 2. The van der Waals surface area contributed by atoms with Crippen LogP contribution in [0.25, 0.3) is 11.0 Å². The molecular weight excluding hydrogens is 264 g/mol. The highest BCUT2D eigenvalue weighted by Gasteiger charge is 2.10. The largest absolute Gasteiger partial charge is 0.497 e. The molecule has 1 aromatic heterocycles. The summed E-state index contributed by atoms with van der Waals surface area (Å²) in [6.45, 7) is 0.669. The van der Waals surface area contributed by atoms with Gasteiger partial charge in [0.05, 0.1) is 24.8 Å². The Labute approximate surface area is 123 Å². The minimum atomic E-state index is 0.107. The van der Waals surface area contributed by atoms with E-state index in [4.69, 9.17) is 4.74 Å². The van der Waals surface area contributed by atoms with E-state index < -0.39 is 0 Å². The molecule has 0 aliphatic heterocycles. The van der Waals surface area contributed by atoms with Crippen LogP contribution < -0.4 is 4.74 Å². The first kappa shape index (κ1) is 13.6. The Hall–Kier alpha value is -2.33. The molecule has 0 aliphatic carbocycles. The van der Waals surface area contributed by atoms with E-state index in [1.807, 2.05) is 48.5 Å². The van der Waals surface area contributed by atoms with Crippen LogP contribution in [0.2, 0.25) is 0 Å². The predicted octanol–water partition coefficient (Wildman–Crippen LogP) is 2.63. The number of hydrogen-bond donors (Lipinski definition) is 1. The van der Waals surface area contributed by atoms with Gasteiger partial charge in [-0.25, -0.2) is 4.98 Å². The van der Waals surface area contributed by atoms with E-state index >= 15 is 0 Å². The number of aliphatic hydroxyl groups is 1. The fourth-order valence-corrected chi connectivity index (χ4v) is 2.54.